The predicted octanol–water partition coefficient (Wildman–Crippen LogP) is 3.45. The lowest BCUT2D eigenvalue weighted by molar-refractivity contribution is -0.127. The molecule has 160 valence electrons. The number of benzene rings is 1. The fraction of sp³-hybridized carbons (Fsp3) is 0.550. The second-order valence-electron chi connectivity index (χ2n) is 7.15. The topological polar surface area (TPSA) is 103 Å². The highest BCUT2D eigenvalue weighted by atomic mass is 35.5. The molecule has 2 rings (SSSR count). The molecule has 0 saturated heterocycles. The van der Waals surface area contributed by atoms with Gasteiger partial charge in [0, 0.05) is 6.04 Å². The first-order chi connectivity index (χ1) is 13.7. The molecule has 1 aromatic carbocycles. The third-order valence-corrected chi connectivity index (χ3v) is 4.68. The largest absolute Gasteiger partial charge is 0.493 e. The molecule has 0 aliphatic heterocycles. The van der Waals surface area contributed by atoms with Gasteiger partial charge in [-0.25, -0.2) is 9.59 Å². The molecule has 8 nitrogen and oxygen atoms in total. The second kappa shape index (κ2) is 10.3. The van der Waals surface area contributed by atoms with Gasteiger partial charge in [0.1, 0.15) is 0 Å². The van der Waals surface area contributed by atoms with Gasteiger partial charge in [0.15, 0.2) is 17.6 Å². The minimum atomic E-state index is -1.17. The van der Waals surface area contributed by atoms with Gasteiger partial charge in [-0.2, -0.15) is 0 Å². The number of nitrogens with one attached hydrogen (secondary N) is 2. The molecule has 3 amide bonds. The summed E-state index contributed by atoms with van der Waals surface area (Å²) in [6, 6.07) is 2.27. The molecule has 0 radical (unpaired) electrons. The summed E-state index contributed by atoms with van der Waals surface area (Å²) in [6.45, 7) is 5.05. The van der Waals surface area contributed by atoms with Crippen molar-refractivity contribution in [3.8, 4) is 11.5 Å². The molecule has 9 heteroatoms. The van der Waals surface area contributed by atoms with E-state index in [0.717, 1.165) is 25.7 Å². The lowest BCUT2D eigenvalue weighted by Gasteiger charge is -2.17. The van der Waals surface area contributed by atoms with E-state index in [9.17, 15) is 14.4 Å². The van der Waals surface area contributed by atoms with Crippen LogP contribution in [0.1, 0.15) is 56.8 Å². The first-order valence-electron chi connectivity index (χ1n) is 9.57. The standard InChI is InChI=1S/C20H27ClN2O6/c1-11(2)28-17-15(21)9-13(10-16(17)27-4)19(25)29-12(3)18(24)23-20(26)22-14-7-5-6-8-14/h9-12,14H,5-8H2,1-4H3,(H2,22,23,24,26)/t12-/m0/s1. The Kier molecular flexibility index (Phi) is 8.13. The number of rotatable bonds is 7. The summed E-state index contributed by atoms with van der Waals surface area (Å²) in [4.78, 5) is 36.5. The monoisotopic (exact) mass is 426 g/mol. The fourth-order valence-electron chi connectivity index (χ4n) is 2.98. The maximum atomic E-state index is 12.4. The van der Waals surface area contributed by atoms with E-state index in [2.05, 4.69) is 10.6 Å². The maximum Gasteiger partial charge on any atom is 0.339 e. The van der Waals surface area contributed by atoms with Crippen LogP contribution in [0.2, 0.25) is 5.02 Å². The first kappa shape index (κ1) is 22.8. The minimum Gasteiger partial charge on any atom is -0.493 e. The van der Waals surface area contributed by atoms with Gasteiger partial charge in [0.2, 0.25) is 0 Å². The molecule has 1 saturated carbocycles. The highest BCUT2D eigenvalue weighted by Crippen LogP contribution is 2.37. The molecule has 1 aliphatic carbocycles. The van der Waals surface area contributed by atoms with Crippen molar-refractivity contribution in [1.82, 2.24) is 10.6 Å². The summed E-state index contributed by atoms with van der Waals surface area (Å²) < 4.78 is 16.0. The third-order valence-electron chi connectivity index (χ3n) is 4.40. The van der Waals surface area contributed by atoms with E-state index in [4.69, 9.17) is 25.8 Å². The van der Waals surface area contributed by atoms with E-state index in [1.165, 1.54) is 26.2 Å². The van der Waals surface area contributed by atoms with E-state index in [1.807, 2.05) is 13.8 Å². The van der Waals surface area contributed by atoms with Crippen LogP contribution in [0.5, 0.6) is 11.5 Å². The molecule has 1 aromatic rings. The molecule has 0 aromatic heterocycles. The highest BCUT2D eigenvalue weighted by Gasteiger charge is 2.24. The Labute approximate surface area is 175 Å². The van der Waals surface area contributed by atoms with Crippen molar-refractivity contribution in [2.75, 3.05) is 7.11 Å². The maximum absolute atomic E-state index is 12.4. The number of urea groups is 1. The summed E-state index contributed by atoms with van der Waals surface area (Å²) in [5, 5.41) is 5.10. The Morgan fingerprint density at radius 3 is 2.38 bits per heavy atom. The Morgan fingerprint density at radius 2 is 1.79 bits per heavy atom. The van der Waals surface area contributed by atoms with Gasteiger partial charge in [-0.05, 0) is 45.7 Å². The van der Waals surface area contributed by atoms with Gasteiger partial charge in [0.05, 0.1) is 23.8 Å². The zero-order valence-corrected chi connectivity index (χ0v) is 17.8. The molecular weight excluding hydrogens is 400 g/mol. The normalized spacial score (nSPS) is 15.0. The number of carbonyl (C=O) groups excluding carboxylic acids is 3. The van der Waals surface area contributed by atoms with Crippen molar-refractivity contribution >= 4 is 29.5 Å². The van der Waals surface area contributed by atoms with Crippen molar-refractivity contribution < 1.29 is 28.6 Å². The number of imide groups is 1. The van der Waals surface area contributed by atoms with Crippen molar-refractivity contribution in [3.63, 3.8) is 0 Å². The van der Waals surface area contributed by atoms with Crippen LogP contribution < -0.4 is 20.1 Å². The summed E-state index contributed by atoms with van der Waals surface area (Å²) in [7, 11) is 1.42. The van der Waals surface area contributed by atoms with Crippen molar-refractivity contribution in [2.24, 2.45) is 0 Å². The Bertz CT molecular complexity index is 762. The summed E-state index contributed by atoms with van der Waals surface area (Å²) in [5.74, 6) is -0.909. The third kappa shape index (κ3) is 6.52. The number of hydrogen-bond acceptors (Lipinski definition) is 6. The van der Waals surface area contributed by atoms with Crippen LogP contribution in [0.15, 0.2) is 12.1 Å². The number of ether oxygens (including phenoxy) is 3. The van der Waals surface area contributed by atoms with Crippen LogP contribution >= 0.6 is 11.6 Å². The number of amides is 3. The summed E-state index contributed by atoms with van der Waals surface area (Å²) in [5.41, 5.74) is 0.0954. The molecule has 0 heterocycles. The van der Waals surface area contributed by atoms with E-state index >= 15 is 0 Å². The Hall–Kier alpha value is -2.48. The van der Waals surface area contributed by atoms with E-state index < -0.39 is 24.0 Å². The quantitative estimate of drug-likeness (QED) is 0.647. The van der Waals surface area contributed by atoms with Crippen LogP contribution in [-0.4, -0.2) is 43.3 Å². The average molecular weight is 427 g/mol. The van der Waals surface area contributed by atoms with Crippen LogP contribution in [0.3, 0.4) is 0 Å². The van der Waals surface area contributed by atoms with Crippen molar-refractivity contribution in [2.45, 2.75) is 64.7 Å². The lowest BCUT2D eigenvalue weighted by Crippen LogP contribution is -2.47. The van der Waals surface area contributed by atoms with Crippen LogP contribution in [0.25, 0.3) is 0 Å². The predicted molar refractivity (Wildman–Crippen MR) is 108 cm³/mol. The van der Waals surface area contributed by atoms with Crippen molar-refractivity contribution in [1.29, 1.82) is 0 Å². The molecule has 2 N–H and O–H groups in total. The van der Waals surface area contributed by atoms with Gasteiger partial charge < -0.3 is 19.5 Å². The molecule has 29 heavy (non-hydrogen) atoms. The van der Waals surface area contributed by atoms with Crippen molar-refractivity contribution in [3.05, 3.63) is 22.7 Å². The SMILES string of the molecule is COc1cc(C(=O)O[C@@H](C)C(=O)NC(=O)NC2CCCC2)cc(Cl)c1OC(C)C. The van der Waals surface area contributed by atoms with Crippen LogP contribution in [0, 0.1) is 0 Å². The van der Waals surface area contributed by atoms with Gasteiger partial charge in [0.25, 0.3) is 5.91 Å². The molecule has 1 atom stereocenters. The smallest absolute Gasteiger partial charge is 0.339 e. The van der Waals surface area contributed by atoms with Crippen LogP contribution in [-0.2, 0) is 9.53 Å². The lowest BCUT2D eigenvalue weighted by atomic mass is 10.2. The van der Waals surface area contributed by atoms with Gasteiger partial charge >= 0.3 is 12.0 Å². The Balaban J connectivity index is 1.98. The summed E-state index contributed by atoms with van der Waals surface area (Å²) in [6.07, 6.45) is 2.59. The fourth-order valence-corrected chi connectivity index (χ4v) is 3.23. The minimum absolute atomic E-state index is 0.0711. The second-order valence-corrected chi connectivity index (χ2v) is 7.55. The van der Waals surface area contributed by atoms with E-state index in [0.29, 0.717) is 5.75 Å². The zero-order chi connectivity index (χ0) is 21.6. The van der Waals surface area contributed by atoms with E-state index in [1.54, 1.807) is 0 Å². The van der Waals surface area contributed by atoms with E-state index in [-0.39, 0.29) is 28.5 Å². The van der Waals surface area contributed by atoms with Gasteiger partial charge in [-0.1, -0.05) is 24.4 Å². The Morgan fingerprint density at radius 1 is 1.14 bits per heavy atom. The van der Waals surface area contributed by atoms with Crippen LogP contribution in [0.4, 0.5) is 4.79 Å². The zero-order valence-electron chi connectivity index (χ0n) is 17.0. The average Bonchev–Trinajstić information content (AvgIpc) is 3.15. The number of esters is 1. The first-order valence-corrected chi connectivity index (χ1v) is 9.95. The molecule has 0 bridgehead atoms. The molecular formula is C20H27ClN2O6. The molecule has 1 aliphatic rings. The number of hydrogen-bond donors (Lipinski definition) is 2. The molecule has 0 spiro atoms. The van der Waals surface area contributed by atoms with Gasteiger partial charge in [-0.15, -0.1) is 0 Å². The summed E-state index contributed by atoms with van der Waals surface area (Å²) >= 11 is 6.21. The highest BCUT2D eigenvalue weighted by molar-refractivity contribution is 6.32. The molecule has 1 fully saturated rings. The molecule has 0 unspecified atom stereocenters. The number of carbonyl (C=O) groups is 3. The number of halogens is 1. The number of methoxy groups -OCH3 is 1. The van der Waals surface area contributed by atoms with Gasteiger partial charge in [-0.3, -0.25) is 10.1 Å².